The van der Waals surface area contributed by atoms with Crippen LogP contribution < -0.4 is 0 Å². The van der Waals surface area contributed by atoms with Crippen LogP contribution in [0.4, 0.5) is 0 Å². The average Bonchev–Trinajstić information content (AvgIpc) is 2.45. The van der Waals surface area contributed by atoms with Gasteiger partial charge in [-0.1, -0.05) is 24.8 Å². The second kappa shape index (κ2) is 4.63. The molecule has 0 amide bonds. The van der Waals surface area contributed by atoms with Gasteiger partial charge in [-0.2, -0.15) is 0 Å². The molecule has 0 aromatic heterocycles. The Labute approximate surface area is 104 Å². The smallest absolute Gasteiger partial charge is 0.113 e. The second-order valence-electron chi connectivity index (χ2n) is 4.82. The maximum atomic E-state index is 10.9. The molecule has 2 N–H and O–H groups in total. The Balaban J connectivity index is 3.43. The predicted molar refractivity (Wildman–Crippen MR) is 71.6 cm³/mol. The standard InChI is InChI=1S/C15H22O2/c1-6-9-14(10-7-2)13(16)11(4)12(5)15(14,17)8-3/h6-8,13,16-17H,1-3,9-10H2,4-5H3/t13-,15+/m1/s1. The molecule has 0 saturated carbocycles. The van der Waals surface area contributed by atoms with Gasteiger partial charge < -0.3 is 10.2 Å². The molecule has 0 aromatic rings. The number of hydrogen-bond donors (Lipinski definition) is 2. The third-order valence-corrected chi connectivity index (χ3v) is 4.17. The number of rotatable bonds is 5. The van der Waals surface area contributed by atoms with Crippen molar-refractivity contribution in [1.29, 1.82) is 0 Å². The summed E-state index contributed by atoms with van der Waals surface area (Å²) >= 11 is 0. The molecule has 0 saturated heterocycles. The summed E-state index contributed by atoms with van der Waals surface area (Å²) in [5.41, 5.74) is -0.314. The van der Waals surface area contributed by atoms with Gasteiger partial charge in [-0.15, -0.1) is 13.2 Å². The predicted octanol–water partition coefficient (Wildman–Crippen LogP) is 2.75. The van der Waals surface area contributed by atoms with Gasteiger partial charge in [0.1, 0.15) is 5.60 Å². The molecule has 94 valence electrons. The first-order valence-electron chi connectivity index (χ1n) is 5.85. The van der Waals surface area contributed by atoms with Crippen molar-refractivity contribution < 1.29 is 10.2 Å². The minimum atomic E-state index is -1.20. The molecule has 1 aliphatic rings. The minimum absolute atomic E-state index is 0.511. The summed E-state index contributed by atoms with van der Waals surface area (Å²) in [7, 11) is 0. The molecule has 1 aliphatic carbocycles. The molecule has 2 atom stereocenters. The summed E-state index contributed by atoms with van der Waals surface area (Å²) in [6, 6.07) is 0. The zero-order valence-electron chi connectivity index (χ0n) is 10.7. The molecular formula is C15H22O2. The van der Waals surface area contributed by atoms with E-state index in [2.05, 4.69) is 19.7 Å². The molecule has 0 aliphatic heterocycles. The largest absolute Gasteiger partial charge is 0.388 e. The van der Waals surface area contributed by atoms with E-state index < -0.39 is 17.1 Å². The molecular weight excluding hydrogens is 212 g/mol. The van der Waals surface area contributed by atoms with Crippen molar-refractivity contribution in [3.63, 3.8) is 0 Å². The highest BCUT2D eigenvalue weighted by molar-refractivity contribution is 5.43. The molecule has 0 radical (unpaired) electrons. The van der Waals surface area contributed by atoms with Gasteiger partial charge in [-0.05, 0) is 37.8 Å². The van der Waals surface area contributed by atoms with E-state index >= 15 is 0 Å². The Morgan fingerprint density at radius 3 is 2.00 bits per heavy atom. The zero-order chi connectivity index (χ0) is 13.3. The van der Waals surface area contributed by atoms with Crippen LogP contribution in [0, 0.1) is 5.41 Å². The van der Waals surface area contributed by atoms with Gasteiger partial charge in [0.15, 0.2) is 0 Å². The first-order valence-corrected chi connectivity index (χ1v) is 5.85. The number of allylic oxidation sites excluding steroid dienone is 2. The van der Waals surface area contributed by atoms with E-state index in [0.29, 0.717) is 12.8 Å². The maximum Gasteiger partial charge on any atom is 0.113 e. The van der Waals surface area contributed by atoms with Gasteiger partial charge in [0, 0.05) is 5.41 Å². The van der Waals surface area contributed by atoms with Crippen molar-refractivity contribution in [2.45, 2.75) is 38.4 Å². The molecule has 17 heavy (non-hydrogen) atoms. The molecule has 0 fully saturated rings. The van der Waals surface area contributed by atoms with Crippen LogP contribution in [0.1, 0.15) is 26.7 Å². The Morgan fingerprint density at radius 1 is 1.18 bits per heavy atom. The average molecular weight is 234 g/mol. The minimum Gasteiger partial charge on any atom is -0.388 e. The Bertz CT molecular complexity index is 368. The van der Waals surface area contributed by atoms with Gasteiger partial charge >= 0.3 is 0 Å². The number of hydrogen-bond acceptors (Lipinski definition) is 2. The van der Waals surface area contributed by atoms with Gasteiger partial charge in [0.25, 0.3) is 0 Å². The molecule has 2 nitrogen and oxygen atoms in total. The normalized spacial score (nSPS) is 31.4. The summed E-state index contributed by atoms with van der Waals surface area (Å²) < 4.78 is 0. The van der Waals surface area contributed by atoms with E-state index in [9.17, 15) is 10.2 Å². The summed E-state index contributed by atoms with van der Waals surface area (Å²) in [5.74, 6) is 0. The van der Waals surface area contributed by atoms with E-state index in [1.54, 1.807) is 12.2 Å². The zero-order valence-corrected chi connectivity index (χ0v) is 10.7. The van der Waals surface area contributed by atoms with Crippen LogP contribution >= 0.6 is 0 Å². The third-order valence-electron chi connectivity index (χ3n) is 4.17. The van der Waals surface area contributed by atoms with Crippen LogP contribution in [-0.2, 0) is 0 Å². The van der Waals surface area contributed by atoms with Crippen LogP contribution in [0.25, 0.3) is 0 Å². The number of aliphatic hydroxyl groups excluding tert-OH is 1. The fourth-order valence-electron chi connectivity index (χ4n) is 2.99. The summed E-state index contributed by atoms with van der Waals surface area (Å²) in [4.78, 5) is 0. The Hall–Kier alpha value is -1.12. The SMILES string of the molecule is C=CCC1(CC=C)[C@H](O)C(C)=C(C)[C@@]1(O)C=C. The lowest BCUT2D eigenvalue weighted by atomic mass is 9.66. The highest BCUT2D eigenvalue weighted by Gasteiger charge is 2.58. The molecule has 1 rings (SSSR count). The van der Waals surface area contributed by atoms with E-state index in [0.717, 1.165) is 11.1 Å². The van der Waals surface area contributed by atoms with Gasteiger partial charge in [0.05, 0.1) is 6.10 Å². The topological polar surface area (TPSA) is 40.5 Å². The Kier molecular flexibility index (Phi) is 3.80. The highest BCUT2D eigenvalue weighted by Crippen LogP contribution is 2.55. The summed E-state index contributed by atoms with van der Waals surface area (Å²) in [6.45, 7) is 14.9. The monoisotopic (exact) mass is 234 g/mol. The van der Waals surface area contributed by atoms with Crippen molar-refractivity contribution in [3.8, 4) is 0 Å². The van der Waals surface area contributed by atoms with E-state index in [4.69, 9.17) is 0 Å². The van der Waals surface area contributed by atoms with E-state index in [1.165, 1.54) is 6.08 Å². The van der Waals surface area contributed by atoms with Gasteiger partial charge in [-0.25, -0.2) is 0 Å². The van der Waals surface area contributed by atoms with Crippen molar-refractivity contribution in [2.75, 3.05) is 0 Å². The lowest BCUT2D eigenvalue weighted by Crippen LogP contribution is -2.49. The van der Waals surface area contributed by atoms with Crippen LogP contribution in [0.15, 0.2) is 49.1 Å². The van der Waals surface area contributed by atoms with Crippen molar-refractivity contribution in [3.05, 3.63) is 49.1 Å². The molecule has 0 spiro atoms. The molecule has 0 unspecified atom stereocenters. The summed E-state index contributed by atoms with van der Waals surface area (Å²) in [6.07, 6.45) is 5.31. The van der Waals surface area contributed by atoms with E-state index in [1.807, 2.05) is 13.8 Å². The van der Waals surface area contributed by atoms with Crippen molar-refractivity contribution in [1.82, 2.24) is 0 Å². The second-order valence-corrected chi connectivity index (χ2v) is 4.82. The quantitative estimate of drug-likeness (QED) is 0.718. The molecule has 0 aromatic carbocycles. The van der Waals surface area contributed by atoms with Crippen LogP contribution in [-0.4, -0.2) is 21.9 Å². The molecule has 2 heteroatoms. The molecule has 0 bridgehead atoms. The lowest BCUT2D eigenvalue weighted by molar-refractivity contribution is -0.0595. The maximum absolute atomic E-state index is 10.9. The van der Waals surface area contributed by atoms with Crippen LogP contribution in [0.3, 0.4) is 0 Å². The lowest BCUT2D eigenvalue weighted by Gasteiger charge is -2.43. The molecule has 0 heterocycles. The fourth-order valence-corrected chi connectivity index (χ4v) is 2.99. The van der Waals surface area contributed by atoms with Crippen LogP contribution in [0.5, 0.6) is 0 Å². The first kappa shape index (κ1) is 13.9. The van der Waals surface area contributed by atoms with Crippen LogP contribution in [0.2, 0.25) is 0 Å². The van der Waals surface area contributed by atoms with Crippen molar-refractivity contribution >= 4 is 0 Å². The Morgan fingerprint density at radius 2 is 1.65 bits per heavy atom. The van der Waals surface area contributed by atoms with Crippen molar-refractivity contribution in [2.24, 2.45) is 5.41 Å². The highest BCUT2D eigenvalue weighted by atomic mass is 16.3. The third kappa shape index (κ3) is 1.63. The van der Waals surface area contributed by atoms with Gasteiger partial charge in [0.2, 0.25) is 0 Å². The first-order chi connectivity index (χ1) is 7.91. The number of aliphatic hydroxyl groups is 2. The van der Waals surface area contributed by atoms with Gasteiger partial charge in [-0.3, -0.25) is 0 Å². The van der Waals surface area contributed by atoms with E-state index in [-0.39, 0.29) is 0 Å². The fraction of sp³-hybridized carbons (Fsp3) is 0.467. The summed E-state index contributed by atoms with van der Waals surface area (Å²) in [5, 5.41) is 21.3.